The van der Waals surface area contributed by atoms with Crippen molar-refractivity contribution >= 4 is 23.2 Å². The van der Waals surface area contributed by atoms with Crippen LogP contribution in [0.25, 0.3) is 0 Å². The molecule has 0 aliphatic heterocycles. The van der Waals surface area contributed by atoms with E-state index in [4.69, 9.17) is 0 Å². The molecule has 0 aliphatic carbocycles. The van der Waals surface area contributed by atoms with Gasteiger partial charge in [0.25, 0.3) is 0 Å². The van der Waals surface area contributed by atoms with Crippen molar-refractivity contribution in [1.82, 2.24) is 0 Å². The van der Waals surface area contributed by atoms with Gasteiger partial charge < -0.3 is 4.74 Å². The monoisotopic (exact) mass is 332 g/mol. The molecule has 0 saturated carbocycles. The van der Waals surface area contributed by atoms with E-state index in [9.17, 15) is 39.5 Å². The third kappa shape index (κ3) is 3.70. The molecule has 0 bridgehead atoms. The second-order valence-corrected chi connectivity index (χ2v) is 3.92. The molecule has 0 N–H and O–H groups in total. The van der Waals surface area contributed by atoms with Gasteiger partial charge in [-0.15, -0.1) is 0 Å². The second kappa shape index (κ2) is 5.12. The third-order valence-corrected chi connectivity index (χ3v) is 2.36. The number of hydrogen-bond acceptors (Lipinski definition) is 1. The lowest BCUT2D eigenvalue weighted by Gasteiger charge is -2.35. The molecule has 0 aromatic rings. The maximum Gasteiger partial charge on any atom is 0.411 e. The van der Waals surface area contributed by atoms with Gasteiger partial charge in [-0.25, -0.2) is 17.6 Å². The molecule has 0 aliphatic rings. The number of alkyl halides is 11. The fourth-order valence-electron chi connectivity index (χ4n) is 0.671. The molecule has 1 nitrogen and oxygen atoms in total. The molecule has 0 rings (SSSR count). The van der Waals surface area contributed by atoms with Crippen LogP contribution in [-0.2, 0) is 4.74 Å². The van der Waals surface area contributed by atoms with E-state index in [1.165, 1.54) is 0 Å². The van der Waals surface area contributed by atoms with E-state index in [1.54, 1.807) is 0 Å². The van der Waals surface area contributed by atoms with Crippen LogP contribution in [0.5, 0.6) is 0 Å². The number of ether oxygens (including phenoxy) is 1. The highest BCUT2D eigenvalue weighted by Gasteiger charge is 2.73. The third-order valence-electron chi connectivity index (χ3n) is 1.51. The first-order valence-electron chi connectivity index (χ1n) is 3.77. The van der Waals surface area contributed by atoms with Gasteiger partial charge in [-0.2, -0.15) is 22.0 Å². The summed E-state index contributed by atoms with van der Waals surface area (Å²) in [6.07, 6.45) is -10.1. The summed E-state index contributed by atoms with van der Waals surface area (Å²) in [6, 6.07) is 0. The smallest absolute Gasteiger partial charge is 0.328 e. The first-order valence-corrected chi connectivity index (χ1v) is 4.53. The summed E-state index contributed by atoms with van der Waals surface area (Å²) in [5, 5.41) is -10.8. The molecule has 2 atom stereocenters. The average molecular weight is 333 g/mol. The fraction of sp³-hybridized carbons (Fsp3) is 1.00. The highest BCUT2D eigenvalue weighted by molar-refractivity contribution is 6.33. The summed E-state index contributed by atoms with van der Waals surface area (Å²) in [6.45, 7) is -2.76. The van der Waals surface area contributed by atoms with E-state index in [1.807, 2.05) is 0 Å². The Hall–Kier alpha value is -0.0900. The maximum atomic E-state index is 13.2. The molecule has 0 saturated heterocycles. The van der Waals surface area contributed by atoms with Crippen LogP contribution in [0.1, 0.15) is 0 Å². The Labute approximate surface area is 104 Å². The predicted molar refractivity (Wildman–Crippen MR) is 42.3 cm³/mol. The molecule has 0 aromatic heterocycles. The van der Waals surface area contributed by atoms with Gasteiger partial charge in [0.1, 0.15) is 6.61 Å². The molecular formula is C6H3Cl2F9O. The van der Waals surface area contributed by atoms with Crippen molar-refractivity contribution in [3.63, 3.8) is 0 Å². The van der Waals surface area contributed by atoms with Crippen molar-refractivity contribution in [2.24, 2.45) is 0 Å². The van der Waals surface area contributed by atoms with E-state index in [0.29, 0.717) is 0 Å². The Morgan fingerprint density at radius 1 is 0.889 bits per heavy atom. The number of rotatable bonds is 5. The zero-order chi connectivity index (χ0) is 15.0. The van der Waals surface area contributed by atoms with Crippen LogP contribution < -0.4 is 0 Å². The SMILES string of the molecule is FC(F)C(F)(OCC(F)(F)F)C(F)(Cl)C(F)(F)Cl. The van der Waals surface area contributed by atoms with Gasteiger partial charge in [0.05, 0.1) is 0 Å². The molecule has 0 aromatic carbocycles. The maximum absolute atomic E-state index is 13.2. The van der Waals surface area contributed by atoms with Crippen LogP contribution >= 0.6 is 23.2 Å². The van der Waals surface area contributed by atoms with Crippen molar-refractivity contribution in [2.45, 2.75) is 29.0 Å². The van der Waals surface area contributed by atoms with Crippen molar-refractivity contribution in [3.8, 4) is 0 Å². The van der Waals surface area contributed by atoms with E-state index in [2.05, 4.69) is 27.9 Å². The minimum absolute atomic E-state index is 2.76. The van der Waals surface area contributed by atoms with E-state index in [0.717, 1.165) is 0 Å². The lowest BCUT2D eigenvalue weighted by atomic mass is 10.2. The van der Waals surface area contributed by atoms with Crippen LogP contribution in [0, 0.1) is 0 Å². The van der Waals surface area contributed by atoms with Gasteiger partial charge in [0, 0.05) is 0 Å². The van der Waals surface area contributed by atoms with Gasteiger partial charge in [0.15, 0.2) is 0 Å². The first kappa shape index (κ1) is 17.9. The minimum Gasteiger partial charge on any atom is -0.328 e. The van der Waals surface area contributed by atoms with Gasteiger partial charge in [-0.1, -0.05) is 11.6 Å². The summed E-state index contributed by atoms with van der Waals surface area (Å²) in [5.74, 6) is -5.45. The molecule has 110 valence electrons. The molecular weight excluding hydrogens is 330 g/mol. The summed E-state index contributed by atoms with van der Waals surface area (Å²) in [7, 11) is 0. The fourth-order valence-corrected chi connectivity index (χ4v) is 0.937. The molecule has 0 heterocycles. The van der Waals surface area contributed by atoms with Crippen molar-refractivity contribution < 1.29 is 44.3 Å². The highest BCUT2D eigenvalue weighted by Crippen LogP contribution is 2.52. The Kier molecular flexibility index (Phi) is 5.10. The largest absolute Gasteiger partial charge is 0.411 e. The van der Waals surface area contributed by atoms with Gasteiger partial charge in [0.2, 0.25) is 0 Å². The Balaban J connectivity index is 5.29. The molecule has 0 amide bonds. The normalized spacial score (nSPS) is 20.7. The van der Waals surface area contributed by atoms with Crippen molar-refractivity contribution in [2.75, 3.05) is 6.61 Å². The van der Waals surface area contributed by atoms with Gasteiger partial charge in [-0.05, 0) is 11.6 Å². The van der Waals surface area contributed by atoms with E-state index >= 15 is 0 Å². The van der Waals surface area contributed by atoms with Crippen LogP contribution in [0.15, 0.2) is 0 Å². The molecule has 0 radical (unpaired) electrons. The predicted octanol–water partition coefficient (Wildman–Crippen LogP) is 4.23. The first-order chi connectivity index (χ1) is 7.65. The van der Waals surface area contributed by atoms with Gasteiger partial charge in [-0.3, -0.25) is 0 Å². The Bertz CT molecular complexity index is 286. The molecule has 2 unspecified atom stereocenters. The van der Waals surface area contributed by atoms with Crippen molar-refractivity contribution in [1.29, 1.82) is 0 Å². The molecule has 0 spiro atoms. The number of hydrogen-bond donors (Lipinski definition) is 0. The minimum atomic E-state index is -5.45. The molecule has 12 heteroatoms. The van der Waals surface area contributed by atoms with E-state index < -0.39 is 35.6 Å². The molecule has 0 fully saturated rings. The summed E-state index contributed by atoms with van der Waals surface area (Å²) in [4.78, 5) is 0. The lowest BCUT2D eigenvalue weighted by Crippen LogP contribution is -2.59. The zero-order valence-electron chi connectivity index (χ0n) is 7.85. The second-order valence-electron chi connectivity index (χ2n) is 2.92. The summed E-state index contributed by atoms with van der Waals surface area (Å²) in [5.41, 5.74) is 0. The zero-order valence-corrected chi connectivity index (χ0v) is 9.36. The Morgan fingerprint density at radius 2 is 1.28 bits per heavy atom. The van der Waals surface area contributed by atoms with Crippen molar-refractivity contribution in [3.05, 3.63) is 0 Å². The Morgan fingerprint density at radius 3 is 1.50 bits per heavy atom. The van der Waals surface area contributed by atoms with Crippen LogP contribution in [-0.4, -0.2) is 35.6 Å². The summed E-state index contributed by atoms with van der Waals surface area (Å²) >= 11 is 8.08. The van der Waals surface area contributed by atoms with Gasteiger partial charge >= 0.3 is 29.0 Å². The lowest BCUT2D eigenvalue weighted by molar-refractivity contribution is -0.321. The number of halogens is 11. The van der Waals surface area contributed by atoms with Crippen LogP contribution in [0.4, 0.5) is 39.5 Å². The van der Waals surface area contributed by atoms with E-state index in [-0.39, 0.29) is 0 Å². The molecule has 18 heavy (non-hydrogen) atoms. The average Bonchev–Trinajstić information content (AvgIpc) is 2.10. The quantitative estimate of drug-likeness (QED) is 0.540. The standard InChI is InChI=1S/C6H3Cl2F9O/c7-5(15,6(8,16)17)4(14,2(9)10)18-1-3(11,12)13/h2H,1H2. The topological polar surface area (TPSA) is 9.23 Å². The van der Waals surface area contributed by atoms with Crippen LogP contribution in [0.2, 0.25) is 0 Å². The summed E-state index contributed by atoms with van der Waals surface area (Å²) < 4.78 is 113. The highest BCUT2D eigenvalue weighted by atomic mass is 35.5. The van der Waals surface area contributed by atoms with Crippen LogP contribution in [0.3, 0.4) is 0 Å².